The third-order valence-corrected chi connectivity index (χ3v) is 3.33. The molecule has 2 rings (SSSR count). The zero-order chi connectivity index (χ0) is 12.3. The van der Waals surface area contributed by atoms with Crippen molar-refractivity contribution in [2.45, 2.75) is 31.2 Å². The second kappa shape index (κ2) is 5.32. The zero-order valence-electron chi connectivity index (χ0n) is 10.4. The SMILES string of the molecule is CNC(CC(=O)OC)c1ccc(C2CC2)cc1. The van der Waals surface area contributed by atoms with E-state index in [0.29, 0.717) is 6.42 Å². The van der Waals surface area contributed by atoms with Crippen molar-refractivity contribution in [3.8, 4) is 0 Å². The van der Waals surface area contributed by atoms with Gasteiger partial charge < -0.3 is 10.1 Å². The van der Waals surface area contributed by atoms with Gasteiger partial charge in [0, 0.05) is 6.04 Å². The van der Waals surface area contributed by atoms with Gasteiger partial charge in [-0.3, -0.25) is 4.79 Å². The first-order chi connectivity index (χ1) is 8.24. The molecule has 1 aliphatic rings. The first kappa shape index (κ1) is 12.1. The molecule has 0 bridgehead atoms. The maximum absolute atomic E-state index is 11.3. The molecule has 0 heterocycles. The van der Waals surface area contributed by atoms with Gasteiger partial charge in [0.15, 0.2) is 0 Å². The minimum Gasteiger partial charge on any atom is -0.469 e. The highest BCUT2D eigenvalue weighted by Crippen LogP contribution is 2.40. The smallest absolute Gasteiger partial charge is 0.307 e. The fourth-order valence-corrected chi connectivity index (χ4v) is 2.05. The van der Waals surface area contributed by atoms with Crippen molar-refractivity contribution in [3.63, 3.8) is 0 Å². The van der Waals surface area contributed by atoms with Crippen LogP contribution in [0.5, 0.6) is 0 Å². The lowest BCUT2D eigenvalue weighted by Gasteiger charge is -2.15. The van der Waals surface area contributed by atoms with Crippen molar-refractivity contribution in [2.24, 2.45) is 0 Å². The zero-order valence-corrected chi connectivity index (χ0v) is 10.4. The van der Waals surface area contributed by atoms with Crippen LogP contribution in [0, 0.1) is 0 Å². The lowest BCUT2D eigenvalue weighted by atomic mass is 10.0. The van der Waals surface area contributed by atoms with Gasteiger partial charge in [-0.15, -0.1) is 0 Å². The number of esters is 1. The Morgan fingerprint density at radius 3 is 2.53 bits per heavy atom. The minimum absolute atomic E-state index is 0.0377. The molecular formula is C14H19NO2. The maximum atomic E-state index is 11.3. The van der Waals surface area contributed by atoms with E-state index < -0.39 is 0 Å². The number of carbonyl (C=O) groups excluding carboxylic acids is 1. The summed E-state index contributed by atoms with van der Waals surface area (Å²) in [6.07, 6.45) is 3.00. The normalized spacial score (nSPS) is 16.6. The molecule has 1 N–H and O–H groups in total. The number of nitrogens with one attached hydrogen (secondary N) is 1. The molecule has 1 saturated carbocycles. The van der Waals surface area contributed by atoms with Gasteiger partial charge >= 0.3 is 5.97 Å². The summed E-state index contributed by atoms with van der Waals surface area (Å²) in [5.74, 6) is 0.591. The van der Waals surface area contributed by atoms with Gasteiger partial charge in [-0.1, -0.05) is 24.3 Å². The highest BCUT2D eigenvalue weighted by atomic mass is 16.5. The Bertz CT molecular complexity index is 382. The molecule has 1 fully saturated rings. The Hall–Kier alpha value is -1.35. The van der Waals surface area contributed by atoms with E-state index in [2.05, 4.69) is 29.6 Å². The molecular weight excluding hydrogens is 214 g/mol. The highest BCUT2D eigenvalue weighted by Gasteiger charge is 2.23. The summed E-state index contributed by atoms with van der Waals surface area (Å²) in [7, 11) is 3.29. The number of methoxy groups -OCH3 is 1. The maximum Gasteiger partial charge on any atom is 0.307 e. The summed E-state index contributed by atoms with van der Waals surface area (Å²) in [5.41, 5.74) is 2.56. The molecule has 0 aromatic heterocycles. The molecule has 1 aliphatic carbocycles. The van der Waals surface area contributed by atoms with Crippen molar-refractivity contribution >= 4 is 5.97 Å². The van der Waals surface area contributed by atoms with Gasteiger partial charge in [0.1, 0.15) is 0 Å². The van der Waals surface area contributed by atoms with Gasteiger partial charge in [-0.2, -0.15) is 0 Å². The quantitative estimate of drug-likeness (QED) is 0.794. The van der Waals surface area contributed by atoms with E-state index in [-0.39, 0.29) is 12.0 Å². The summed E-state index contributed by atoms with van der Waals surface area (Å²) in [4.78, 5) is 11.3. The third-order valence-electron chi connectivity index (χ3n) is 3.33. The Balaban J connectivity index is 2.04. The Kier molecular flexibility index (Phi) is 3.79. The molecule has 0 spiro atoms. The molecule has 1 aromatic rings. The fraction of sp³-hybridized carbons (Fsp3) is 0.500. The Labute approximate surface area is 102 Å². The molecule has 92 valence electrons. The van der Waals surface area contributed by atoms with Crippen LogP contribution in [-0.4, -0.2) is 20.1 Å². The number of rotatable bonds is 5. The lowest BCUT2D eigenvalue weighted by molar-refractivity contribution is -0.141. The second-order valence-corrected chi connectivity index (χ2v) is 4.56. The predicted octanol–water partition coefficient (Wildman–Crippen LogP) is 2.39. The fourth-order valence-electron chi connectivity index (χ4n) is 2.05. The second-order valence-electron chi connectivity index (χ2n) is 4.56. The van der Waals surface area contributed by atoms with Crippen molar-refractivity contribution in [3.05, 3.63) is 35.4 Å². The van der Waals surface area contributed by atoms with Gasteiger partial charge in [0.2, 0.25) is 0 Å². The molecule has 0 saturated heterocycles. The van der Waals surface area contributed by atoms with Crippen molar-refractivity contribution in [2.75, 3.05) is 14.2 Å². The van der Waals surface area contributed by atoms with Crippen molar-refractivity contribution in [1.82, 2.24) is 5.32 Å². The summed E-state index contributed by atoms with van der Waals surface area (Å²) in [6.45, 7) is 0. The van der Waals surface area contributed by atoms with Gasteiger partial charge in [0.05, 0.1) is 13.5 Å². The van der Waals surface area contributed by atoms with Gasteiger partial charge in [-0.05, 0) is 36.9 Å². The van der Waals surface area contributed by atoms with E-state index in [0.717, 1.165) is 11.5 Å². The number of benzene rings is 1. The van der Waals surface area contributed by atoms with Gasteiger partial charge in [0.25, 0.3) is 0 Å². The monoisotopic (exact) mass is 233 g/mol. The first-order valence-electron chi connectivity index (χ1n) is 6.08. The van der Waals surface area contributed by atoms with Crippen LogP contribution in [0.25, 0.3) is 0 Å². The van der Waals surface area contributed by atoms with Crippen molar-refractivity contribution < 1.29 is 9.53 Å². The standard InChI is InChI=1S/C14H19NO2/c1-15-13(9-14(16)17-2)12-7-5-11(6-8-12)10-3-4-10/h5-8,10,13,15H,3-4,9H2,1-2H3. The molecule has 1 unspecified atom stereocenters. The molecule has 0 amide bonds. The van der Waals surface area contributed by atoms with Crippen LogP contribution in [0.3, 0.4) is 0 Å². The summed E-state index contributed by atoms with van der Waals surface area (Å²) < 4.78 is 4.70. The minimum atomic E-state index is -0.185. The largest absolute Gasteiger partial charge is 0.469 e. The van der Waals surface area contributed by atoms with Crippen LogP contribution in [0.15, 0.2) is 24.3 Å². The lowest BCUT2D eigenvalue weighted by Crippen LogP contribution is -2.20. The number of hydrogen-bond donors (Lipinski definition) is 1. The van der Waals surface area contributed by atoms with E-state index in [1.165, 1.54) is 25.5 Å². The summed E-state index contributed by atoms with van der Waals surface area (Å²) in [6, 6.07) is 8.61. The van der Waals surface area contributed by atoms with E-state index in [1.807, 2.05) is 7.05 Å². The molecule has 1 atom stereocenters. The molecule has 3 heteroatoms. The highest BCUT2D eigenvalue weighted by molar-refractivity contribution is 5.70. The van der Waals surface area contributed by atoms with E-state index in [4.69, 9.17) is 4.74 Å². The van der Waals surface area contributed by atoms with E-state index in [1.54, 1.807) is 0 Å². The average Bonchev–Trinajstić information content (AvgIpc) is 3.20. The predicted molar refractivity (Wildman–Crippen MR) is 66.9 cm³/mol. The van der Waals surface area contributed by atoms with Crippen LogP contribution in [0.4, 0.5) is 0 Å². The van der Waals surface area contributed by atoms with Crippen molar-refractivity contribution in [1.29, 1.82) is 0 Å². The molecule has 1 aromatic carbocycles. The average molecular weight is 233 g/mol. The van der Waals surface area contributed by atoms with Crippen LogP contribution < -0.4 is 5.32 Å². The Morgan fingerprint density at radius 1 is 1.41 bits per heavy atom. The van der Waals surface area contributed by atoms with E-state index >= 15 is 0 Å². The Morgan fingerprint density at radius 2 is 2.06 bits per heavy atom. The third kappa shape index (κ3) is 3.07. The summed E-state index contributed by atoms with van der Waals surface area (Å²) >= 11 is 0. The summed E-state index contributed by atoms with van der Waals surface area (Å²) in [5, 5.41) is 3.15. The van der Waals surface area contributed by atoms with Crippen LogP contribution in [-0.2, 0) is 9.53 Å². The topological polar surface area (TPSA) is 38.3 Å². The molecule has 0 aliphatic heterocycles. The number of hydrogen-bond acceptors (Lipinski definition) is 3. The number of ether oxygens (including phenoxy) is 1. The molecule has 3 nitrogen and oxygen atoms in total. The number of carbonyl (C=O) groups is 1. The van der Waals surface area contributed by atoms with Crippen LogP contribution >= 0.6 is 0 Å². The van der Waals surface area contributed by atoms with Crippen LogP contribution in [0.1, 0.15) is 42.3 Å². The van der Waals surface area contributed by atoms with Crippen LogP contribution in [0.2, 0.25) is 0 Å². The first-order valence-corrected chi connectivity index (χ1v) is 6.08. The van der Waals surface area contributed by atoms with E-state index in [9.17, 15) is 4.79 Å². The molecule has 0 radical (unpaired) electrons. The molecule has 17 heavy (non-hydrogen) atoms. The van der Waals surface area contributed by atoms with Gasteiger partial charge in [-0.25, -0.2) is 0 Å².